The van der Waals surface area contributed by atoms with Crippen LogP contribution < -0.4 is 9.47 Å². The first-order chi connectivity index (χ1) is 12.5. The minimum Gasteiger partial charge on any atom is -0.493 e. The number of hydrogen-bond donors (Lipinski definition) is 0. The van der Waals surface area contributed by atoms with Crippen molar-refractivity contribution < 1.29 is 23.8 Å². The van der Waals surface area contributed by atoms with Gasteiger partial charge in [-0.15, -0.1) is 0 Å². The summed E-state index contributed by atoms with van der Waals surface area (Å²) < 4.78 is 15.5. The van der Waals surface area contributed by atoms with E-state index < -0.39 is 5.97 Å². The third-order valence-corrected chi connectivity index (χ3v) is 3.69. The van der Waals surface area contributed by atoms with Crippen LogP contribution in [0.25, 0.3) is 6.08 Å². The summed E-state index contributed by atoms with van der Waals surface area (Å²) in [6.45, 7) is 1.79. The number of hydrogen-bond acceptors (Lipinski definition) is 5. The first-order valence-electron chi connectivity index (χ1n) is 8.16. The fourth-order valence-corrected chi connectivity index (χ4v) is 2.49. The molecule has 136 valence electrons. The Kier molecular flexibility index (Phi) is 7.12. The molecule has 0 aliphatic carbocycles. The van der Waals surface area contributed by atoms with Gasteiger partial charge in [-0.25, -0.2) is 0 Å². The number of ketones is 1. The minimum absolute atomic E-state index is 0.0293. The quantitative estimate of drug-likeness (QED) is 0.412. The molecule has 0 N–H and O–H groups in total. The van der Waals surface area contributed by atoms with Crippen molar-refractivity contribution in [3.05, 3.63) is 65.2 Å². The van der Waals surface area contributed by atoms with Crippen molar-refractivity contribution in [2.24, 2.45) is 0 Å². The summed E-state index contributed by atoms with van der Waals surface area (Å²) in [6.07, 6.45) is 3.50. The molecule has 2 aromatic rings. The Morgan fingerprint density at radius 2 is 1.73 bits per heavy atom. The maximum absolute atomic E-state index is 12.3. The van der Waals surface area contributed by atoms with Gasteiger partial charge in [-0.2, -0.15) is 0 Å². The number of carbonyl (C=O) groups excluding carboxylic acids is 2. The molecular formula is C21H22O5. The molecule has 0 radical (unpaired) electrons. The fraction of sp³-hybridized carbons (Fsp3) is 0.238. The van der Waals surface area contributed by atoms with Gasteiger partial charge in [-0.05, 0) is 34.9 Å². The third kappa shape index (κ3) is 5.57. The number of rotatable bonds is 8. The van der Waals surface area contributed by atoms with E-state index in [1.807, 2.05) is 24.3 Å². The van der Waals surface area contributed by atoms with Gasteiger partial charge in [0.25, 0.3) is 0 Å². The molecule has 0 aliphatic rings. The Balaban J connectivity index is 2.12. The second-order valence-electron chi connectivity index (χ2n) is 5.68. The van der Waals surface area contributed by atoms with Gasteiger partial charge in [-0.3, -0.25) is 9.59 Å². The Bertz CT molecular complexity index is 808. The van der Waals surface area contributed by atoms with Gasteiger partial charge in [0.15, 0.2) is 17.3 Å². The average molecular weight is 354 g/mol. The van der Waals surface area contributed by atoms with E-state index in [0.717, 1.165) is 16.7 Å². The molecule has 0 fully saturated rings. The van der Waals surface area contributed by atoms with E-state index in [4.69, 9.17) is 14.2 Å². The van der Waals surface area contributed by atoms with E-state index in [1.165, 1.54) is 20.1 Å². The number of ether oxygens (including phenoxy) is 3. The highest BCUT2D eigenvalue weighted by Gasteiger charge is 2.08. The first-order valence-corrected chi connectivity index (χ1v) is 8.16. The molecule has 0 bridgehead atoms. The standard InChI is InChI=1S/C21H22O5/c1-15(22)26-21-12-16(9-11-20(21)25-3)8-10-19(23)13-17-6-4-5-7-18(17)14-24-2/h4-12H,13-14H2,1-3H3/b10-8+. The molecule has 0 saturated heterocycles. The lowest BCUT2D eigenvalue weighted by atomic mass is 10.0. The van der Waals surface area contributed by atoms with Crippen LogP contribution in [0.1, 0.15) is 23.6 Å². The maximum Gasteiger partial charge on any atom is 0.308 e. The lowest BCUT2D eigenvalue weighted by molar-refractivity contribution is -0.132. The first kappa shape index (κ1) is 19.4. The summed E-state index contributed by atoms with van der Waals surface area (Å²) in [5.74, 6) is 0.311. The third-order valence-electron chi connectivity index (χ3n) is 3.69. The molecule has 2 rings (SSSR count). The molecule has 0 aliphatic heterocycles. The van der Waals surface area contributed by atoms with Gasteiger partial charge in [0.05, 0.1) is 13.7 Å². The van der Waals surface area contributed by atoms with Crippen LogP contribution in [0.4, 0.5) is 0 Å². The Morgan fingerprint density at radius 3 is 2.38 bits per heavy atom. The Labute approximate surface area is 153 Å². The van der Waals surface area contributed by atoms with Crippen molar-refractivity contribution in [1.29, 1.82) is 0 Å². The van der Waals surface area contributed by atoms with Gasteiger partial charge >= 0.3 is 5.97 Å². The van der Waals surface area contributed by atoms with Crippen LogP contribution in [-0.4, -0.2) is 26.0 Å². The number of esters is 1. The van der Waals surface area contributed by atoms with Crippen LogP contribution >= 0.6 is 0 Å². The summed E-state index contributed by atoms with van der Waals surface area (Å²) in [6, 6.07) is 12.8. The van der Waals surface area contributed by atoms with Crippen LogP contribution in [0.2, 0.25) is 0 Å². The predicted molar refractivity (Wildman–Crippen MR) is 99.2 cm³/mol. The fourth-order valence-electron chi connectivity index (χ4n) is 2.49. The second kappa shape index (κ2) is 9.53. The molecule has 5 nitrogen and oxygen atoms in total. The topological polar surface area (TPSA) is 61.8 Å². The largest absolute Gasteiger partial charge is 0.493 e. The van der Waals surface area contributed by atoms with E-state index in [9.17, 15) is 9.59 Å². The van der Waals surface area contributed by atoms with E-state index in [-0.39, 0.29) is 5.78 Å². The highest BCUT2D eigenvalue weighted by atomic mass is 16.6. The van der Waals surface area contributed by atoms with Gasteiger partial charge in [0.1, 0.15) is 0 Å². The van der Waals surface area contributed by atoms with E-state index in [1.54, 1.807) is 31.4 Å². The molecule has 0 spiro atoms. The summed E-state index contributed by atoms with van der Waals surface area (Å²) in [5.41, 5.74) is 2.68. The molecule has 0 amide bonds. The molecule has 0 unspecified atom stereocenters. The van der Waals surface area contributed by atoms with Gasteiger partial charge in [-0.1, -0.05) is 36.4 Å². The predicted octanol–water partition coefficient (Wildman–Crippen LogP) is 3.59. The smallest absolute Gasteiger partial charge is 0.308 e. The average Bonchev–Trinajstić information content (AvgIpc) is 2.61. The van der Waals surface area contributed by atoms with Crippen molar-refractivity contribution in [2.75, 3.05) is 14.2 Å². The van der Waals surface area contributed by atoms with E-state index in [2.05, 4.69) is 0 Å². The maximum atomic E-state index is 12.3. The Hall–Kier alpha value is -2.92. The van der Waals surface area contributed by atoms with Crippen LogP contribution in [0.3, 0.4) is 0 Å². The highest BCUT2D eigenvalue weighted by Crippen LogP contribution is 2.28. The normalized spacial score (nSPS) is 10.7. The van der Waals surface area contributed by atoms with Crippen LogP contribution in [0.5, 0.6) is 11.5 Å². The van der Waals surface area contributed by atoms with E-state index >= 15 is 0 Å². The van der Waals surface area contributed by atoms with Crippen LogP contribution in [0.15, 0.2) is 48.5 Å². The van der Waals surface area contributed by atoms with Gasteiger partial charge in [0.2, 0.25) is 0 Å². The molecule has 0 saturated carbocycles. The zero-order valence-electron chi connectivity index (χ0n) is 15.2. The molecule has 26 heavy (non-hydrogen) atoms. The summed E-state index contributed by atoms with van der Waals surface area (Å²) in [7, 11) is 3.13. The van der Waals surface area contributed by atoms with Crippen molar-refractivity contribution >= 4 is 17.8 Å². The Morgan fingerprint density at radius 1 is 1.00 bits per heavy atom. The number of methoxy groups -OCH3 is 2. The highest BCUT2D eigenvalue weighted by molar-refractivity contribution is 5.95. The SMILES string of the molecule is COCc1ccccc1CC(=O)/C=C/c1ccc(OC)c(OC(C)=O)c1. The summed E-state index contributed by atoms with van der Waals surface area (Å²) >= 11 is 0. The van der Waals surface area contributed by atoms with Crippen molar-refractivity contribution in [3.63, 3.8) is 0 Å². The van der Waals surface area contributed by atoms with Crippen molar-refractivity contribution in [3.8, 4) is 11.5 Å². The lowest BCUT2D eigenvalue weighted by Gasteiger charge is -2.08. The van der Waals surface area contributed by atoms with Gasteiger partial charge < -0.3 is 14.2 Å². The molecule has 0 heterocycles. The zero-order chi connectivity index (χ0) is 18.9. The molecular weight excluding hydrogens is 332 g/mol. The molecule has 5 heteroatoms. The second-order valence-corrected chi connectivity index (χ2v) is 5.68. The number of carbonyl (C=O) groups is 2. The molecule has 2 aromatic carbocycles. The van der Waals surface area contributed by atoms with E-state index in [0.29, 0.717) is 24.5 Å². The summed E-state index contributed by atoms with van der Waals surface area (Å²) in [4.78, 5) is 23.5. The summed E-state index contributed by atoms with van der Waals surface area (Å²) in [5, 5.41) is 0. The minimum atomic E-state index is -0.435. The molecule has 0 aromatic heterocycles. The van der Waals surface area contributed by atoms with Crippen molar-refractivity contribution in [2.45, 2.75) is 20.0 Å². The molecule has 0 atom stereocenters. The van der Waals surface area contributed by atoms with Crippen LogP contribution in [0, 0.1) is 0 Å². The number of benzene rings is 2. The number of allylic oxidation sites excluding steroid dienone is 1. The van der Waals surface area contributed by atoms with Crippen molar-refractivity contribution in [1.82, 2.24) is 0 Å². The van der Waals surface area contributed by atoms with Crippen LogP contribution in [-0.2, 0) is 27.4 Å². The zero-order valence-corrected chi connectivity index (χ0v) is 15.2. The van der Waals surface area contributed by atoms with Gasteiger partial charge in [0, 0.05) is 20.5 Å². The monoisotopic (exact) mass is 354 g/mol. The lowest BCUT2D eigenvalue weighted by Crippen LogP contribution is -2.04.